The van der Waals surface area contributed by atoms with E-state index in [1.165, 1.54) is 18.2 Å². The van der Waals surface area contributed by atoms with E-state index in [9.17, 15) is 4.79 Å². The second kappa shape index (κ2) is 9.83. The Morgan fingerprint density at radius 2 is 1.78 bits per heavy atom. The van der Waals surface area contributed by atoms with Crippen molar-refractivity contribution in [2.45, 2.75) is 9.96 Å². The van der Waals surface area contributed by atoms with Crippen LogP contribution < -0.4 is 16.0 Å². The molecule has 0 radical (unpaired) electrons. The van der Waals surface area contributed by atoms with E-state index < -0.39 is 15.9 Å². The minimum absolute atomic E-state index is 0.145. The summed E-state index contributed by atoms with van der Waals surface area (Å²) in [5, 5.41) is 8.96. The van der Waals surface area contributed by atoms with E-state index in [1.807, 2.05) is 18.2 Å². The van der Waals surface area contributed by atoms with Crippen molar-refractivity contribution in [3.8, 4) is 0 Å². The van der Waals surface area contributed by atoms with Crippen LogP contribution in [-0.4, -0.2) is 21.0 Å². The van der Waals surface area contributed by atoms with Crippen LogP contribution in [0, 0.1) is 0 Å². The third-order valence-electron chi connectivity index (χ3n) is 3.14. The molecule has 0 spiro atoms. The number of hydrogen-bond donors (Lipinski definition) is 3. The summed E-state index contributed by atoms with van der Waals surface area (Å²) in [5.74, 6) is -0.564. The molecule has 0 aliphatic rings. The second-order valence-corrected chi connectivity index (χ2v) is 9.72. The summed E-state index contributed by atoms with van der Waals surface area (Å²) in [5.41, 5.74) is 0.880. The highest BCUT2D eigenvalue weighted by atomic mass is 79.9. The molecule has 0 fully saturated rings. The Morgan fingerprint density at radius 1 is 1.07 bits per heavy atom. The van der Waals surface area contributed by atoms with Gasteiger partial charge in [0, 0.05) is 15.2 Å². The molecule has 0 aliphatic carbocycles. The van der Waals surface area contributed by atoms with Gasteiger partial charge >= 0.3 is 0 Å². The summed E-state index contributed by atoms with van der Waals surface area (Å²) >= 11 is 38.4. The van der Waals surface area contributed by atoms with Gasteiger partial charge in [-0.25, -0.2) is 0 Å². The summed E-state index contributed by atoms with van der Waals surface area (Å²) in [6.07, 6.45) is -1.13. The molecule has 0 saturated carbocycles. The zero-order chi connectivity index (χ0) is 20.2. The molecular weight excluding hydrogens is 539 g/mol. The van der Waals surface area contributed by atoms with Gasteiger partial charge < -0.3 is 16.0 Å². The Kier molecular flexibility index (Phi) is 8.31. The van der Waals surface area contributed by atoms with Gasteiger partial charge in [0.05, 0.1) is 10.6 Å². The average Bonchev–Trinajstić information content (AvgIpc) is 2.53. The minimum Gasteiger partial charge on any atom is -0.339 e. The van der Waals surface area contributed by atoms with Gasteiger partial charge in [0.15, 0.2) is 5.11 Å². The molecule has 11 heteroatoms. The zero-order valence-electron chi connectivity index (χ0n) is 13.2. The van der Waals surface area contributed by atoms with Crippen molar-refractivity contribution >= 4 is 103 Å². The Hall–Kier alpha value is -0.470. The second-order valence-electron chi connectivity index (χ2n) is 5.18. The maximum atomic E-state index is 12.5. The predicted octanol–water partition coefficient (Wildman–Crippen LogP) is 6.17. The van der Waals surface area contributed by atoms with Gasteiger partial charge in [0.25, 0.3) is 5.91 Å². The molecule has 0 saturated heterocycles. The lowest BCUT2D eigenvalue weighted by Gasteiger charge is -2.28. The number of halogens is 6. The first-order chi connectivity index (χ1) is 12.6. The number of benzene rings is 2. The van der Waals surface area contributed by atoms with Crippen molar-refractivity contribution in [3.63, 3.8) is 0 Å². The van der Waals surface area contributed by atoms with E-state index >= 15 is 0 Å². The topological polar surface area (TPSA) is 53.2 Å². The zero-order valence-corrected chi connectivity index (χ0v) is 19.4. The highest BCUT2D eigenvalue weighted by molar-refractivity contribution is 9.10. The van der Waals surface area contributed by atoms with Gasteiger partial charge in [0.2, 0.25) is 3.79 Å². The summed E-state index contributed by atoms with van der Waals surface area (Å²) in [6.45, 7) is 0. The molecule has 1 atom stereocenters. The van der Waals surface area contributed by atoms with Crippen LogP contribution in [0.3, 0.4) is 0 Å². The predicted molar refractivity (Wildman–Crippen MR) is 122 cm³/mol. The Morgan fingerprint density at radius 3 is 2.37 bits per heavy atom. The lowest BCUT2D eigenvalue weighted by atomic mass is 10.2. The summed E-state index contributed by atoms with van der Waals surface area (Å²) in [7, 11) is 0. The van der Waals surface area contributed by atoms with Gasteiger partial charge in [0.1, 0.15) is 6.17 Å². The summed E-state index contributed by atoms with van der Waals surface area (Å²) in [6, 6.07) is 11.7. The van der Waals surface area contributed by atoms with Crippen molar-refractivity contribution in [2.24, 2.45) is 0 Å². The average molecular weight is 551 g/mol. The maximum Gasteiger partial charge on any atom is 0.254 e. The molecule has 0 aromatic heterocycles. The van der Waals surface area contributed by atoms with E-state index in [2.05, 4.69) is 31.9 Å². The van der Waals surface area contributed by atoms with Gasteiger partial charge in [-0.2, -0.15) is 0 Å². The first-order valence-corrected chi connectivity index (χ1v) is 10.3. The molecule has 1 amide bonds. The molecule has 144 valence electrons. The Bertz CT molecular complexity index is 862. The molecular formula is C16H11BrCl5N3OS. The molecule has 2 aromatic rings. The first-order valence-electron chi connectivity index (χ1n) is 7.22. The van der Waals surface area contributed by atoms with Crippen LogP contribution in [0.4, 0.5) is 5.69 Å². The molecule has 0 aliphatic heterocycles. The van der Waals surface area contributed by atoms with Crippen LogP contribution in [-0.2, 0) is 0 Å². The number of thiocarbonyl (C=S) groups is 1. The number of alkyl halides is 3. The van der Waals surface area contributed by atoms with Crippen molar-refractivity contribution in [1.29, 1.82) is 0 Å². The van der Waals surface area contributed by atoms with Crippen molar-refractivity contribution in [1.82, 2.24) is 10.6 Å². The van der Waals surface area contributed by atoms with E-state index in [0.717, 1.165) is 4.47 Å². The fraction of sp³-hybridized carbons (Fsp3) is 0.125. The number of rotatable bonds is 4. The molecule has 0 bridgehead atoms. The fourth-order valence-electron chi connectivity index (χ4n) is 1.95. The van der Waals surface area contributed by atoms with Crippen molar-refractivity contribution < 1.29 is 4.79 Å². The third-order valence-corrected chi connectivity index (χ3v) is 5.05. The quantitative estimate of drug-likeness (QED) is 0.242. The molecule has 0 unspecified atom stereocenters. The van der Waals surface area contributed by atoms with Crippen molar-refractivity contribution in [3.05, 3.63) is 62.5 Å². The van der Waals surface area contributed by atoms with Crippen LogP contribution in [0.15, 0.2) is 46.9 Å². The molecule has 4 nitrogen and oxygen atoms in total. The fourth-order valence-corrected chi connectivity index (χ4v) is 3.40. The number of hydrogen-bond acceptors (Lipinski definition) is 2. The number of nitrogens with one attached hydrogen (secondary N) is 3. The Labute approximate surface area is 195 Å². The van der Waals surface area contributed by atoms with Crippen LogP contribution in [0.2, 0.25) is 10.0 Å². The standard InChI is InChI=1S/C16H11BrCl5N3OS/c17-8-2-1-3-10(6-8)23-15(27)25-14(16(20,21)22)24-13(26)11-5-4-9(18)7-12(11)19/h1-7,14H,(H,24,26)(H2,23,25,27)/t14-/m1/s1. The van der Waals surface area contributed by atoms with Crippen molar-refractivity contribution in [2.75, 3.05) is 5.32 Å². The van der Waals surface area contributed by atoms with Gasteiger partial charge in [-0.3, -0.25) is 4.79 Å². The van der Waals surface area contributed by atoms with E-state index in [1.54, 1.807) is 6.07 Å². The molecule has 27 heavy (non-hydrogen) atoms. The van der Waals surface area contributed by atoms with E-state index in [0.29, 0.717) is 10.7 Å². The van der Waals surface area contributed by atoms with Crippen LogP contribution in [0.1, 0.15) is 10.4 Å². The normalized spacial score (nSPS) is 12.2. The van der Waals surface area contributed by atoms with Gasteiger partial charge in [-0.15, -0.1) is 0 Å². The molecule has 0 heterocycles. The van der Waals surface area contributed by atoms with E-state index in [4.69, 9.17) is 70.2 Å². The SMILES string of the molecule is O=C(N[C@H](NC(=S)Nc1cccc(Br)c1)C(Cl)(Cl)Cl)c1ccc(Cl)cc1Cl. The minimum atomic E-state index is -1.89. The number of carbonyl (C=O) groups is 1. The van der Waals surface area contributed by atoms with Crippen LogP contribution >= 0.6 is 86.2 Å². The van der Waals surface area contributed by atoms with Gasteiger partial charge in [-0.1, -0.05) is 80.0 Å². The molecule has 3 N–H and O–H groups in total. The monoisotopic (exact) mass is 547 g/mol. The largest absolute Gasteiger partial charge is 0.339 e. The third kappa shape index (κ3) is 7.13. The summed E-state index contributed by atoms with van der Waals surface area (Å²) < 4.78 is -1.03. The van der Waals surface area contributed by atoms with Crippen LogP contribution in [0.25, 0.3) is 0 Å². The smallest absolute Gasteiger partial charge is 0.254 e. The number of anilines is 1. The summed E-state index contributed by atoms with van der Waals surface area (Å²) in [4.78, 5) is 12.5. The van der Waals surface area contributed by atoms with E-state index in [-0.39, 0.29) is 15.7 Å². The van der Waals surface area contributed by atoms with Crippen LogP contribution in [0.5, 0.6) is 0 Å². The maximum absolute atomic E-state index is 12.5. The molecule has 2 rings (SSSR count). The Balaban J connectivity index is 2.11. The highest BCUT2D eigenvalue weighted by Gasteiger charge is 2.35. The lowest BCUT2D eigenvalue weighted by molar-refractivity contribution is 0.0934. The van der Waals surface area contributed by atoms with Gasteiger partial charge in [-0.05, 0) is 48.6 Å². The highest BCUT2D eigenvalue weighted by Crippen LogP contribution is 2.30. The lowest BCUT2D eigenvalue weighted by Crippen LogP contribution is -2.56. The number of carbonyl (C=O) groups excluding carboxylic acids is 1. The number of amides is 1. The molecule has 2 aromatic carbocycles. The first kappa shape index (κ1) is 22.8.